The van der Waals surface area contributed by atoms with Gasteiger partial charge in [0, 0.05) is 17.0 Å². The smallest absolute Gasteiger partial charge is 0.247 e. The Morgan fingerprint density at radius 1 is 1.17 bits per heavy atom. The molecule has 1 saturated heterocycles. The summed E-state index contributed by atoms with van der Waals surface area (Å²) in [5.41, 5.74) is 6.88. The molecule has 0 bridgehead atoms. The van der Waals surface area contributed by atoms with E-state index in [-0.39, 0.29) is 18.2 Å². The minimum absolute atomic E-state index is 0.163. The average Bonchev–Trinajstić information content (AvgIpc) is 2.81. The molecule has 0 aliphatic carbocycles. The maximum atomic E-state index is 12.7. The van der Waals surface area contributed by atoms with Gasteiger partial charge in [-0.2, -0.15) is 0 Å². The molecular weight excluding hydrogens is 312 g/mol. The van der Waals surface area contributed by atoms with Gasteiger partial charge in [0.15, 0.2) is 0 Å². The summed E-state index contributed by atoms with van der Waals surface area (Å²) in [7, 11) is 1.52. The van der Waals surface area contributed by atoms with Crippen molar-refractivity contribution in [2.24, 2.45) is 0 Å². The number of nitrogens with zero attached hydrogens (tertiary/aromatic N) is 1. The number of rotatable bonds is 4. The maximum Gasteiger partial charge on any atom is 0.247 e. The Labute approximate surface area is 138 Å². The lowest BCUT2D eigenvalue weighted by molar-refractivity contribution is -0.121. The van der Waals surface area contributed by atoms with Crippen molar-refractivity contribution in [2.45, 2.75) is 16.6 Å². The van der Waals surface area contributed by atoms with Crippen LogP contribution in [0.5, 0.6) is 5.75 Å². The summed E-state index contributed by atoms with van der Waals surface area (Å²) in [5.74, 6) is 0.0524. The van der Waals surface area contributed by atoms with Crippen molar-refractivity contribution in [3.05, 3.63) is 48.5 Å². The van der Waals surface area contributed by atoms with Crippen LogP contribution in [0.1, 0.15) is 6.42 Å². The Balaban J connectivity index is 1.85. The third kappa shape index (κ3) is 3.03. The SMILES string of the molecule is COc1ccccc1N1C(=O)C[C@@H](Sc2cccc(N)c2)C1=O. The Bertz CT molecular complexity index is 763. The zero-order valence-corrected chi connectivity index (χ0v) is 13.4. The highest BCUT2D eigenvalue weighted by molar-refractivity contribution is 8.00. The van der Waals surface area contributed by atoms with Gasteiger partial charge in [0.1, 0.15) is 5.75 Å². The van der Waals surface area contributed by atoms with Crippen molar-refractivity contribution in [3.8, 4) is 5.75 Å². The molecule has 1 atom stereocenters. The lowest BCUT2D eigenvalue weighted by Gasteiger charge is -2.17. The molecule has 1 heterocycles. The standard InChI is InChI=1S/C17H16N2O3S/c1-22-14-8-3-2-7-13(14)19-16(20)10-15(17(19)21)23-12-6-4-5-11(18)9-12/h2-9,15H,10,18H2,1H3/t15-/m1/s1. The van der Waals surface area contributed by atoms with Gasteiger partial charge in [-0.15, -0.1) is 11.8 Å². The van der Waals surface area contributed by atoms with Crippen molar-refractivity contribution in [2.75, 3.05) is 17.7 Å². The molecule has 5 nitrogen and oxygen atoms in total. The first kappa shape index (κ1) is 15.4. The van der Waals surface area contributed by atoms with E-state index < -0.39 is 5.25 Å². The van der Waals surface area contributed by atoms with Crippen LogP contribution >= 0.6 is 11.8 Å². The molecule has 1 aliphatic rings. The van der Waals surface area contributed by atoms with Crippen LogP contribution in [0, 0.1) is 0 Å². The monoisotopic (exact) mass is 328 g/mol. The molecule has 1 aliphatic heterocycles. The first-order chi connectivity index (χ1) is 11.1. The molecule has 0 aromatic heterocycles. The van der Waals surface area contributed by atoms with Crippen LogP contribution in [0.15, 0.2) is 53.4 Å². The average molecular weight is 328 g/mol. The molecule has 0 saturated carbocycles. The molecule has 3 rings (SSSR count). The van der Waals surface area contributed by atoms with Crippen LogP contribution < -0.4 is 15.4 Å². The summed E-state index contributed by atoms with van der Waals surface area (Å²) in [6.45, 7) is 0. The molecule has 0 unspecified atom stereocenters. The van der Waals surface area contributed by atoms with Crippen molar-refractivity contribution < 1.29 is 14.3 Å². The molecule has 1 fully saturated rings. The van der Waals surface area contributed by atoms with Gasteiger partial charge < -0.3 is 10.5 Å². The van der Waals surface area contributed by atoms with Gasteiger partial charge in [0.25, 0.3) is 0 Å². The van der Waals surface area contributed by atoms with E-state index in [2.05, 4.69) is 0 Å². The normalized spacial score (nSPS) is 17.6. The molecular formula is C17H16N2O3S. The Morgan fingerprint density at radius 2 is 1.96 bits per heavy atom. The molecule has 2 aromatic carbocycles. The summed E-state index contributed by atoms with van der Waals surface area (Å²) in [6, 6.07) is 14.3. The third-order valence-electron chi connectivity index (χ3n) is 3.57. The summed E-state index contributed by atoms with van der Waals surface area (Å²) in [4.78, 5) is 27.1. The Kier molecular flexibility index (Phi) is 4.25. The number of methoxy groups -OCH3 is 1. The van der Waals surface area contributed by atoms with Crippen molar-refractivity contribution in [3.63, 3.8) is 0 Å². The zero-order valence-electron chi connectivity index (χ0n) is 12.6. The number of carbonyl (C=O) groups is 2. The van der Waals surface area contributed by atoms with E-state index in [1.807, 2.05) is 12.1 Å². The largest absolute Gasteiger partial charge is 0.495 e. The van der Waals surface area contributed by atoms with Gasteiger partial charge in [0.2, 0.25) is 11.8 Å². The van der Waals surface area contributed by atoms with Gasteiger partial charge in [-0.05, 0) is 30.3 Å². The van der Waals surface area contributed by atoms with Crippen LogP contribution in [0.25, 0.3) is 0 Å². The number of amides is 2. The van der Waals surface area contributed by atoms with Gasteiger partial charge in [-0.25, -0.2) is 4.90 Å². The highest BCUT2D eigenvalue weighted by atomic mass is 32.2. The van der Waals surface area contributed by atoms with Gasteiger partial charge in [-0.1, -0.05) is 18.2 Å². The number of hydrogen-bond acceptors (Lipinski definition) is 5. The van der Waals surface area contributed by atoms with E-state index in [0.717, 1.165) is 4.90 Å². The third-order valence-corrected chi connectivity index (χ3v) is 4.75. The number of thioether (sulfide) groups is 1. The predicted molar refractivity (Wildman–Crippen MR) is 90.6 cm³/mol. The molecule has 2 aromatic rings. The van der Waals surface area contributed by atoms with Gasteiger partial charge in [0.05, 0.1) is 18.0 Å². The second-order valence-electron chi connectivity index (χ2n) is 5.12. The highest BCUT2D eigenvalue weighted by Crippen LogP contribution is 2.37. The Hall–Kier alpha value is -2.47. The Morgan fingerprint density at radius 3 is 2.70 bits per heavy atom. The van der Waals surface area contributed by atoms with Crippen LogP contribution in [0.2, 0.25) is 0 Å². The number of carbonyl (C=O) groups excluding carboxylic acids is 2. The number of nitrogen functional groups attached to an aromatic ring is 1. The van der Waals surface area contributed by atoms with E-state index in [1.54, 1.807) is 36.4 Å². The quantitative estimate of drug-likeness (QED) is 0.690. The fraction of sp³-hybridized carbons (Fsp3) is 0.176. The fourth-order valence-electron chi connectivity index (χ4n) is 2.52. The minimum atomic E-state index is -0.450. The first-order valence-electron chi connectivity index (χ1n) is 7.12. The van der Waals surface area contributed by atoms with E-state index in [1.165, 1.54) is 23.8 Å². The van der Waals surface area contributed by atoms with Crippen LogP contribution in [0.4, 0.5) is 11.4 Å². The number of para-hydroxylation sites is 2. The molecule has 23 heavy (non-hydrogen) atoms. The molecule has 2 N–H and O–H groups in total. The summed E-state index contributed by atoms with van der Waals surface area (Å²) in [5, 5.41) is -0.450. The predicted octanol–water partition coefficient (Wildman–Crippen LogP) is 2.70. The van der Waals surface area contributed by atoms with Crippen LogP contribution in [0.3, 0.4) is 0 Å². The fourth-order valence-corrected chi connectivity index (χ4v) is 3.64. The molecule has 0 spiro atoms. The number of benzene rings is 2. The number of nitrogens with two attached hydrogens (primary N) is 1. The number of ether oxygens (including phenoxy) is 1. The molecule has 6 heteroatoms. The zero-order chi connectivity index (χ0) is 16.4. The molecule has 0 radical (unpaired) electrons. The van der Waals surface area contributed by atoms with E-state index in [0.29, 0.717) is 17.1 Å². The number of imide groups is 1. The topological polar surface area (TPSA) is 72.6 Å². The molecule has 2 amide bonds. The summed E-state index contributed by atoms with van der Waals surface area (Å²) in [6.07, 6.45) is 0.163. The van der Waals surface area contributed by atoms with Crippen molar-refractivity contribution >= 4 is 35.0 Å². The molecule has 118 valence electrons. The first-order valence-corrected chi connectivity index (χ1v) is 8.00. The van der Waals surface area contributed by atoms with E-state index in [9.17, 15) is 9.59 Å². The lowest BCUT2D eigenvalue weighted by atomic mass is 10.2. The highest BCUT2D eigenvalue weighted by Gasteiger charge is 2.41. The minimum Gasteiger partial charge on any atom is -0.495 e. The second-order valence-corrected chi connectivity index (χ2v) is 6.40. The van der Waals surface area contributed by atoms with Gasteiger partial charge >= 0.3 is 0 Å². The van der Waals surface area contributed by atoms with Crippen molar-refractivity contribution in [1.82, 2.24) is 0 Å². The number of anilines is 2. The van der Waals surface area contributed by atoms with E-state index >= 15 is 0 Å². The van der Waals surface area contributed by atoms with Crippen LogP contribution in [-0.2, 0) is 9.59 Å². The van der Waals surface area contributed by atoms with Gasteiger partial charge in [-0.3, -0.25) is 9.59 Å². The summed E-state index contributed by atoms with van der Waals surface area (Å²) >= 11 is 1.36. The van der Waals surface area contributed by atoms with Crippen LogP contribution in [-0.4, -0.2) is 24.2 Å². The summed E-state index contributed by atoms with van der Waals surface area (Å²) < 4.78 is 5.25. The number of hydrogen-bond donors (Lipinski definition) is 1. The lowest BCUT2D eigenvalue weighted by Crippen LogP contribution is -2.31. The van der Waals surface area contributed by atoms with E-state index in [4.69, 9.17) is 10.5 Å². The van der Waals surface area contributed by atoms with Crippen molar-refractivity contribution in [1.29, 1.82) is 0 Å². The maximum absolute atomic E-state index is 12.7. The second kappa shape index (κ2) is 6.34.